The molecule has 0 aromatic rings. The summed E-state index contributed by atoms with van der Waals surface area (Å²) in [6, 6.07) is 0. The average Bonchev–Trinajstić information content (AvgIpc) is 3.19. The molecular weight excluding hydrogens is 758 g/mol. The minimum Gasteiger partial charge on any atom is -0.457 e. The van der Waals surface area contributed by atoms with Crippen LogP contribution in [0.2, 0.25) is 0 Å². The van der Waals surface area contributed by atoms with Crippen molar-refractivity contribution < 1.29 is 37.3 Å². The van der Waals surface area contributed by atoms with Crippen molar-refractivity contribution in [2.24, 2.45) is 0 Å². The van der Waals surface area contributed by atoms with Crippen LogP contribution in [0.15, 0.2) is 60.8 Å². The van der Waals surface area contributed by atoms with Crippen molar-refractivity contribution in [3.8, 4) is 0 Å². The second kappa shape index (κ2) is 42.9. The fourth-order valence-electron chi connectivity index (χ4n) is 6.41. The van der Waals surface area contributed by atoms with E-state index >= 15 is 0 Å². The van der Waals surface area contributed by atoms with Gasteiger partial charge in [0.1, 0.15) is 19.3 Å². The van der Waals surface area contributed by atoms with Gasteiger partial charge in [-0.3, -0.25) is 13.8 Å². The SMILES string of the molecule is CC/C=C\C/C=C\C/C=C\C/C=C\C/C=C\CCCC(=O)OC(COCCCCCCCCCCCCCCCCCCCCCC)COP(=O)(O)OCC[N+](C)(C)C. The smallest absolute Gasteiger partial charge is 0.457 e. The topological polar surface area (TPSA) is 91.3 Å². The Balaban J connectivity index is 4.24. The Hall–Kier alpha value is -1.80. The lowest BCUT2D eigenvalue weighted by Gasteiger charge is -2.24. The van der Waals surface area contributed by atoms with Crippen LogP contribution in [0, 0.1) is 0 Å². The number of allylic oxidation sites excluding steroid dienone is 10. The monoisotopic (exact) mass is 851 g/mol. The number of hydrogen-bond donors (Lipinski definition) is 1. The summed E-state index contributed by atoms with van der Waals surface area (Å²) in [4.78, 5) is 22.9. The fourth-order valence-corrected chi connectivity index (χ4v) is 7.15. The molecule has 0 spiro atoms. The van der Waals surface area contributed by atoms with E-state index in [1.807, 2.05) is 21.1 Å². The zero-order chi connectivity index (χ0) is 43.4. The third-order valence-corrected chi connectivity index (χ3v) is 11.1. The largest absolute Gasteiger partial charge is 0.472 e. The summed E-state index contributed by atoms with van der Waals surface area (Å²) in [5.41, 5.74) is 0. The molecule has 0 saturated heterocycles. The number of quaternary nitrogens is 1. The van der Waals surface area contributed by atoms with Gasteiger partial charge < -0.3 is 18.9 Å². The van der Waals surface area contributed by atoms with Crippen molar-refractivity contribution in [1.82, 2.24) is 0 Å². The zero-order valence-electron chi connectivity index (χ0n) is 39.0. The second-order valence-electron chi connectivity index (χ2n) is 17.1. The number of carbonyl (C=O) groups excluding carboxylic acids is 1. The predicted molar refractivity (Wildman–Crippen MR) is 252 cm³/mol. The number of rotatable bonds is 44. The van der Waals surface area contributed by atoms with Crippen molar-refractivity contribution >= 4 is 13.8 Å². The fraction of sp³-hybridized carbons (Fsp3) is 0.780. The number of unbranched alkanes of at least 4 members (excludes halogenated alkanes) is 20. The van der Waals surface area contributed by atoms with E-state index < -0.39 is 13.9 Å². The molecule has 0 saturated carbocycles. The summed E-state index contributed by atoms with van der Waals surface area (Å²) >= 11 is 0. The highest BCUT2D eigenvalue weighted by molar-refractivity contribution is 7.47. The minimum atomic E-state index is -4.29. The van der Waals surface area contributed by atoms with Crippen molar-refractivity contribution in [1.29, 1.82) is 0 Å². The summed E-state index contributed by atoms with van der Waals surface area (Å²) in [5.74, 6) is -0.368. The Morgan fingerprint density at radius 1 is 0.542 bits per heavy atom. The Morgan fingerprint density at radius 3 is 1.41 bits per heavy atom. The Labute approximate surface area is 364 Å². The highest BCUT2D eigenvalue weighted by Crippen LogP contribution is 2.43. The number of phosphoric ester groups is 1. The quantitative estimate of drug-likeness (QED) is 0.0215. The van der Waals surface area contributed by atoms with Gasteiger partial charge in [0.25, 0.3) is 0 Å². The molecule has 0 aliphatic heterocycles. The van der Waals surface area contributed by atoms with Crippen molar-refractivity contribution in [2.45, 2.75) is 200 Å². The molecule has 0 aromatic carbocycles. The van der Waals surface area contributed by atoms with Crippen LogP contribution in [-0.4, -0.2) is 75.6 Å². The first-order valence-corrected chi connectivity index (χ1v) is 25.5. The summed E-state index contributed by atoms with van der Waals surface area (Å²) in [6.45, 7) is 5.45. The third kappa shape index (κ3) is 47.1. The van der Waals surface area contributed by atoms with Gasteiger partial charge in [-0.2, -0.15) is 0 Å². The van der Waals surface area contributed by atoms with Crippen LogP contribution < -0.4 is 0 Å². The molecule has 0 bridgehead atoms. The van der Waals surface area contributed by atoms with Gasteiger partial charge in [0.15, 0.2) is 0 Å². The highest BCUT2D eigenvalue weighted by Gasteiger charge is 2.26. The Kier molecular flexibility index (Phi) is 41.6. The highest BCUT2D eigenvalue weighted by atomic mass is 31.2. The molecule has 0 aromatic heterocycles. The van der Waals surface area contributed by atoms with Gasteiger partial charge >= 0.3 is 13.8 Å². The first-order valence-electron chi connectivity index (χ1n) is 24.0. The normalized spacial score (nSPS) is 14.2. The van der Waals surface area contributed by atoms with E-state index in [4.69, 9.17) is 18.5 Å². The molecule has 9 heteroatoms. The van der Waals surface area contributed by atoms with Crippen molar-refractivity contribution in [3.63, 3.8) is 0 Å². The zero-order valence-corrected chi connectivity index (χ0v) is 39.9. The van der Waals surface area contributed by atoms with Crippen LogP contribution in [0.3, 0.4) is 0 Å². The van der Waals surface area contributed by atoms with Crippen LogP contribution in [0.4, 0.5) is 0 Å². The maximum absolute atomic E-state index is 12.7. The van der Waals surface area contributed by atoms with E-state index in [-0.39, 0.29) is 32.2 Å². The number of ether oxygens (including phenoxy) is 2. The van der Waals surface area contributed by atoms with E-state index in [0.717, 1.165) is 51.4 Å². The van der Waals surface area contributed by atoms with E-state index in [2.05, 4.69) is 74.6 Å². The van der Waals surface area contributed by atoms with Gasteiger partial charge in [-0.1, -0.05) is 197 Å². The van der Waals surface area contributed by atoms with Crippen molar-refractivity contribution in [3.05, 3.63) is 60.8 Å². The molecule has 2 atom stereocenters. The molecule has 0 aliphatic rings. The molecule has 1 N–H and O–H groups in total. The van der Waals surface area contributed by atoms with Gasteiger partial charge in [-0.15, -0.1) is 0 Å². The van der Waals surface area contributed by atoms with Gasteiger partial charge in [-0.25, -0.2) is 4.57 Å². The lowest BCUT2D eigenvalue weighted by Crippen LogP contribution is -2.37. The molecule has 344 valence electrons. The average molecular weight is 851 g/mol. The molecule has 8 nitrogen and oxygen atoms in total. The summed E-state index contributed by atoms with van der Waals surface area (Å²) in [5, 5.41) is 0. The molecule has 2 unspecified atom stereocenters. The van der Waals surface area contributed by atoms with Crippen molar-refractivity contribution in [2.75, 3.05) is 54.1 Å². The Bertz CT molecular complexity index is 1130. The summed E-state index contributed by atoms with van der Waals surface area (Å²) < 4.78 is 35.0. The maximum Gasteiger partial charge on any atom is 0.472 e. The third-order valence-electron chi connectivity index (χ3n) is 10.1. The standard InChI is InChI=1S/C50H92NO7P/c1-6-8-10-12-14-16-18-20-22-24-25-26-28-30-32-34-36-38-40-42-45-55-47-49(48-57-59(53,54)56-46-44-51(3,4)5)58-50(52)43-41-39-37-35-33-31-29-27-23-21-19-17-15-13-11-9-7-2/h9,11,15,17,21,23,29,31,35,37,49H,6-8,10,12-14,16,18-20,22,24-28,30,32-34,36,38-48H2,1-5H3/p+1/b11-9-,17-15-,23-21-,31-29-,37-35-. The number of phosphoric acid groups is 1. The first-order chi connectivity index (χ1) is 28.6. The van der Waals surface area contributed by atoms with E-state index in [9.17, 15) is 14.3 Å². The van der Waals surface area contributed by atoms with Gasteiger partial charge in [-0.05, 0) is 51.4 Å². The number of carbonyl (C=O) groups is 1. The number of likely N-dealkylation sites (N-methyl/N-ethyl adjacent to an activating group) is 1. The van der Waals surface area contributed by atoms with Crippen LogP contribution in [-0.2, 0) is 27.9 Å². The lowest BCUT2D eigenvalue weighted by molar-refractivity contribution is -0.870. The number of esters is 1. The van der Waals surface area contributed by atoms with Crippen LogP contribution in [0.25, 0.3) is 0 Å². The van der Waals surface area contributed by atoms with E-state index in [1.165, 1.54) is 116 Å². The van der Waals surface area contributed by atoms with E-state index in [1.54, 1.807) is 0 Å². The Morgan fingerprint density at radius 2 is 0.966 bits per heavy atom. The number of hydrogen-bond acceptors (Lipinski definition) is 6. The molecule has 0 aliphatic carbocycles. The molecule has 0 amide bonds. The molecular formula is C50H93NO7P+. The summed E-state index contributed by atoms with van der Waals surface area (Å²) in [6.07, 6.45) is 54.2. The first kappa shape index (κ1) is 57.2. The predicted octanol–water partition coefficient (Wildman–Crippen LogP) is 14.5. The van der Waals surface area contributed by atoms with Crippen LogP contribution in [0.1, 0.15) is 194 Å². The second-order valence-corrected chi connectivity index (χ2v) is 18.6. The van der Waals surface area contributed by atoms with E-state index in [0.29, 0.717) is 24.1 Å². The summed E-state index contributed by atoms with van der Waals surface area (Å²) in [7, 11) is 1.63. The molecule has 0 rings (SSSR count). The van der Waals surface area contributed by atoms with Crippen LogP contribution >= 0.6 is 7.82 Å². The van der Waals surface area contributed by atoms with Crippen LogP contribution in [0.5, 0.6) is 0 Å². The van der Waals surface area contributed by atoms with Gasteiger partial charge in [0.2, 0.25) is 0 Å². The molecule has 59 heavy (non-hydrogen) atoms. The molecule has 0 heterocycles. The number of nitrogens with zero attached hydrogens (tertiary/aromatic N) is 1. The molecule has 0 radical (unpaired) electrons. The lowest BCUT2D eigenvalue weighted by atomic mass is 10.0. The van der Waals surface area contributed by atoms with Gasteiger partial charge in [0, 0.05) is 13.0 Å². The maximum atomic E-state index is 12.7. The van der Waals surface area contributed by atoms with Gasteiger partial charge in [0.05, 0.1) is 34.4 Å². The minimum absolute atomic E-state index is 0.0769. The molecule has 0 fully saturated rings.